The number of benzene rings is 2. The highest BCUT2D eigenvalue weighted by Gasteiger charge is 2.32. The average Bonchev–Trinajstić information content (AvgIpc) is 2.54. The highest BCUT2D eigenvalue weighted by molar-refractivity contribution is 6.30. The zero-order chi connectivity index (χ0) is 15.2. The van der Waals surface area contributed by atoms with Gasteiger partial charge in [0.25, 0.3) is 0 Å². The maximum Gasteiger partial charge on any atom is 0.222 e. The van der Waals surface area contributed by atoms with Gasteiger partial charge in [0.15, 0.2) is 6.04 Å². The molecule has 2 aromatic rings. The monoisotopic (exact) mass is 304 g/mol. The summed E-state index contributed by atoms with van der Waals surface area (Å²) in [5, 5.41) is 2.55. The minimum atomic E-state index is -0.335. The van der Waals surface area contributed by atoms with Gasteiger partial charge in [0.05, 0.1) is 7.05 Å². The number of hydrogen-bond donors (Lipinski definition) is 1. The smallest absolute Gasteiger partial charge is 0.222 e. The summed E-state index contributed by atoms with van der Waals surface area (Å²) in [5.74, 6) is 0.0555. The molecule has 2 rings (SSSR count). The van der Waals surface area contributed by atoms with Crippen LogP contribution in [0, 0.1) is 0 Å². The van der Waals surface area contributed by atoms with Gasteiger partial charge in [-0.1, -0.05) is 54.1 Å². The Hall–Kier alpha value is -1.68. The molecule has 0 aromatic heterocycles. The zero-order valence-corrected chi connectivity index (χ0v) is 12.9. The third kappa shape index (κ3) is 3.70. The number of halogens is 1. The number of carbonyl (C=O) groups is 1. The number of methoxy groups -OCH3 is 1. The third-order valence-electron chi connectivity index (χ3n) is 3.50. The Morgan fingerprint density at radius 3 is 2.24 bits per heavy atom. The molecule has 0 radical (unpaired) electrons. The van der Waals surface area contributed by atoms with Crippen molar-refractivity contribution in [1.82, 2.24) is 0 Å². The van der Waals surface area contributed by atoms with Crippen molar-refractivity contribution in [3.8, 4) is 0 Å². The lowest BCUT2D eigenvalue weighted by atomic mass is 9.95. The first-order valence-corrected chi connectivity index (χ1v) is 7.22. The zero-order valence-electron chi connectivity index (χ0n) is 12.1. The number of carbonyl (C=O) groups excluding carboxylic acids is 1. The predicted octanol–water partition coefficient (Wildman–Crippen LogP) is 2.47. The summed E-state index contributed by atoms with van der Waals surface area (Å²) in [6.07, 6.45) is -0.319. The summed E-state index contributed by atoms with van der Waals surface area (Å²) in [7, 11) is 3.50. The minimum Gasteiger partial charge on any atom is -0.370 e. The van der Waals surface area contributed by atoms with Crippen molar-refractivity contribution in [2.24, 2.45) is 0 Å². The molecule has 0 amide bonds. The second-order valence-electron chi connectivity index (χ2n) is 4.80. The molecule has 0 fully saturated rings. The molecule has 0 unspecified atom stereocenters. The fourth-order valence-electron chi connectivity index (χ4n) is 2.40. The number of ether oxygens (including phenoxy) is 1. The second kappa shape index (κ2) is 7.36. The molecule has 0 spiro atoms. The fourth-order valence-corrected chi connectivity index (χ4v) is 2.53. The van der Waals surface area contributed by atoms with Crippen LogP contribution in [0.2, 0.25) is 5.02 Å². The van der Waals surface area contributed by atoms with E-state index in [1.807, 2.05) is 67.0 Å². The number of likely N-dealkylation sites (N-methyl/N-ethyl adjacent to an activating group) is 1. The first-order valence-electron chi connectivity index (χ1n) is 6.84. The van der Waals surface area contributed by atoms with Crippen molar-refractivity contribution < 1.29 is 14.8 Å². The van der Waals surface area contributed by atoms with Crippen LogP contribution in [-0.2, 0) is 4.74 Å². The van der Waals surface area contributed by atoms with Crippen LogP contribution >= 0.6 is 11.6 Å². The Morgan fingerprint density at radius 2 is 1.71 bits per heavy atom. The molecule has 110 valence electrons. The van der Waals surface area contributed by atoms with Crippen molar-refractivity contribution in [2.75, 3.05) is 14.2 Å². The molecule has 2 atom stereocenters. The van der Waals surface area contributed by atoms with Gasteiger partial charge in [0, 0.05) is 17.7 Å². The number of rotatable bonds is 6. The molecule has 3 nitrogen and oxygen atoms in total. The van der Waals surface area contributed by atoms with Crippen LogP contribution in [-0.4, -0.2) is 26.0 Å². The maximum atomic E-state index is 12.7. The standard InChI is InChI=1S/C17H18ClNO2/c1-19-15(16(20)12-6-4-3-5-7-12)17(21-2)13-8-10-14(18)11-9-13/h3-11,15,17,19H,1-2H3/p+1/t15-,17+/m0/s1. The predicted molar refractivity (Wildman–Crippen MR) is 83.6 cm³/mol. The highest BCUT2D eigenvalue weighted by atomic mass is 35.5. The largest absolute Gasteiger partial charge is 0.370 e. The van der Waals surface area contributed by atoms with Crippen LogP contribution in [0.25, 0.3) is 0 Å². The summed E-state index contributed by atoms with van der Waals surface area (Å²) in [6.45, 7) is 0. The molecular formula is C17H19ClNO2+. The molecule has 0 saturated carbocycles. The molecule has 4 heteroatoms. The summed E-state index contributed by atoms with van der Waals surface area (Å²) in [6, 6.07) is 16.4. The molecule has 2 aromatic carbocycles. The van der Waals surface area contributed by atoms with E-state index in [1.54, 1.807) is 7.11 Å². The van der Waals surface area contributed by atoms with Gasteiger partial charge in [-0.15, -0.1) is 0 Å². The van der Waals surface area contributed by atoms with Crippen LogP contribution in [0.3, 0.4) is 0 Å². The van der Waals surface area contributed by atoms with E-state index in [1.165, 1.54) is 0 Å². The lowest BCUT2D eigenvalue weighted by molar-refractivity contribution is -0.657. The molecule has 0 aliphatic heterocycles. The summed E-state index contributed by atoms with van der Waals surface area (Å²) in [4.78, 5) is 12.7. The quantitative estimate of drug-likeness (QED) is 0.833. The molecule has 0 saturated heterocycles. The van der Waals surface area contributed by atoms with Crippen LogP contribution < -0.4 is 5.32 Å². The van der Waals surface area contributed by atoms with Crippen molar-refractivity contribution in [2.45, 2.75) is 12.1 Å². The lowest BCUT2D eigenvalue weighted by Crippen LogP contribution is -2.89. The summed E-state index contributed by atoms with van der Waals surface area (Å²) in [5.41, 5.74) is 1.63. The number of nitrogens with two attached hydrogens (primary N) is 1. The molecule has 2 N–H and O–H groups in total. The SMILES string of the molecule is C[NH2+][C@@H](C(=O)c1ccccc1)[C@H](OC)c1ccc(Cl)cc1. The van der Waals surface area contributed by atoms with Crippen LogP contribution in [0.5, 0.6) is 0 Å². The van der Waals surface area contributed by atoms with E-state index >= 15 is 0 Å². The minimum absolute atomic E-state index is 0.0555. The first kappa shape index (κ1) is 15.7. The van der Waals surface area contributed by atoms with Gasteiger partial charge in [-0.3, -0.25) is 4.79 Å². The molecule has 0 aliphatic rings. The van der Waals surface area contributed by atoms with Gasteiger partial charge in [-0.25, -0.2) is 0 Å². The van der Waals surface area contributed by atoms with Gasteiger partial charge in [0.2, 0.25) is 5.78 Å². The van der Waals surface area contributed by atoms with E-state index in [4.69, 9.17) is 16.3 Å². The van der Waals surface area contributed by atoms with Crippen molar-refractivity contribution in [3.05, 3.63) is 70.7 Å². The Morgan fingerprint density at radius 1 is 1.10 bits per heavy atom. The van der Waals surface area contributed by atoms with E-state index in [-0.39, 0.29) is 17.9 Å². The molecule has 0 heterocycles. The van der Waals surface area contributed by atoms with Gasteiger partial charge in [0.1, 0.15) is 6.10 Å². The Balaban J connectivity index is 2.29. The maximum absolute atomic E-state index is 12.7. The third-order valence-corrected chi connectivity index (χ3v) is 3.75. The Labute approximate surface area is 129 Å². The molecule has 0 aliphatic carbocycles. The highest BCUT2D eigenvalue weighted by Crippen LogP contribution is 2.23. The van der Waals surface area contributed by atoms with Gasteiger partial charge >= 0.3 is 0 Å². The summed E-state index contributed by atoms with van der Waals surface area (Å²) < 4.78 is 5.58. The second-order valence-corrected chi connectivity index (χ2v) is 5.23. The van der Waals surface area contributed by atoms with E-state index in [0.717, 1.165) is 5.56 Å². The van der Waals surface area contributed by atoms with Crippen LogP contribution in [0.15, 0.2) is 54.6 Å². The van der Waals surface area contributed by atoms with Crippen molar-refractivity contribution in [1.29, 1.82) is 0 Å². The Bertz CT molecular complexity index is 583. The number of hydrogen-bond acceptors (Lipinski definition) is 2. The Kier molecular flexibility index (Phi) is 5.51. The van der Waals surface area contributed by atoms with E-state index < -0.39 is 0 Å². The lowest BCUT2D eigenvalue weighted by Gasteiger charge is -2.22. The van der Waals surface area contributed by atoms with Gasteiger partial charge in [-0.2, -0.15) is 0 Å². The van der Waals surface area contributed by atoms with Crippen molar-refractivity contribution >= 4 is 17.4 Å². The first-order chi connectivity index (χ1) is 10.2. The fraction of sp³-hybridized carbons (Fsp3) is 0.235. The number of Topliss-reactive ketones (excluding diaryl/α,β-unsaturated/α-hetero) is 1. The van der Waals surface area contributed by atoms with Gasteiger partial charge in [-0.05, 0) is 17.7 Å². The molecule has 0 bridgehead atoms. The number of quaternary nitrogens is 1. The normalized spacial score (nSPS) is 13.7. The average molecular weight is 305 g/mol. The van der Waals surface area contributed by atoms with Crippen LogP contribution in [0.1, 0.15) is 22.0 Å². The molecule has 21 heavy (non-hydrogen) atoms. The van der Waals surface area contributed by atoms with E-state index in [9.17, 15) is 4.79 Å². The van der Waals surface area contributed by atoms with E-state index in [0.29, 0.717) is 10.6 Å². The van der Waals surface area contributed by atoms with E-state index in [2.05, 4.69) is 0 Å². The summed E-state index contributed by atoms with van der Waals surface area (Å²) >= 11 is 5.92. The van der Waals surface area contributed by atoms with Crippen molar-refractivity contribution in [3.63, 3.8) is 0 Å². The van der Waals surface area contributed by atoms with Gasteiger partial charge < -0.3 is 10.1 Å². The number of ketones is 1. The molecular weight excluding hydrogens is 286 g/mol. The van der Waals surface area contributed by atoms with Crippen LogP contribution in [0.4, 0.5) is 0 Å². The topological polar surface area (TPSA) is 42.9 Å².